The zero-order chi connectivity index (χ0) is 14.4. The van der Waals surface area contributed by atoms with Gasteiger partial charge in [-0.3, -0.25) is 0 Å². The minimum atomic E-state index is 0.373. The summed E-state index contributed by atoms with van der Waals surface area (Å²) >= 11 is 3.44. The number of ether oxygens (including phenoxy) is 1. The van der Waals surface area contributed by atoms with Crippen LogP contribution in [0.4, 0.5) is 5.69 Å². The van der Waals surface area contributed by atoms with E-state index in [-0.39, 0.29) is 0 Å². The Kier molecular flexibility index (Phi) is 5.01. The lowest BCUT2D eigenvalue weighted by Crippen LogP contribution is -2.22. The fraction of sp³-hybridized carbons (Fsp3) is 0.133. The van der Waals surface area contributed by atoms with E-state index in [1.165, 1.54) is 0 Å². The van der Waals surface area contributed by atoms with Gasteiger partial charge in [-0.05, 0) is 30.3 Å². The Morgan fingerprint density at radius 3 is 2.70 bits per heavy atom. The monoisotopic (exact) mass is 333 g/mol. The first-order valence-electron chi connectivity index (χ1n) is 6.13. The first-order chi connectivity index (χ1) is 9.69. The summed E-state index contributed by atoms with van der Waals surface area (Å²) in [6, 6.07) is 15.5. The molecule has 4 nitrogen and oxygen atoms in total. The third kappa shape index (κ3) is 3.99. The molecule has 0 spiro atoms. The summed E-state index contributed by atoms with van der Waals surface area (Å²) in [4.78, 5) is 4.32. The van der Waals surface area contributed by atoms with E-state index in [9.17, 15) is 0 Å². The molecule has 0 aliphatic heterocycles. The maximum atomic E-state index is 5.87. The van der Waals surface area contributed by atoms with Crippen molar-refractivity contribution in [1.82, 2.24) is 0 Å². The van der Waals surface area contributed by atoms with Crippen molar-refractivity contribution in [3.63, 3.8) is 0 Å². The van der Waals surface area contributed by atoms with E-state index in [1.807, 2.05) is 48.5 Å². The fourth-order valence-corrected chi connectivity index (χ4v) is 2.16. The summed E-state index contributed by atoms with van der Waals surface area (Å²) in [5.41, 5.74) is 7.75. The van der Waals surface area contributed by atoms with Crippen LogP contribution < -0.4 is 15.8 Å². The van der Waals surface area contributed by atoms with Gasteiger partial charge >= 0.3 is 0 Å². The van der Waals surface area contributed by atoms with Gasteiger partial charge in [0.2, 0.25) is 0 Å². The molecule has 0 bridgehead atoms. The van der Waals surface area contributed by atoms with Crippen LogP contribution >= 0.6 is 15.9 Å². The topological polar surface area (TPSA) is 59.6 Å². The summed E-state index contributed by atoms with van der Waals surface area (Å²) in [6.07, 6.45) is 0. The van der Waals surface area contributed by atoms with Gasteiger partial charge in [-0.25, -0.2) is 4.99 Å². The number of hydrogen-bond acceptors (Lipinski definition) is 2. The van der Waals surface area contributed by atoms with E-state index >= 15 is 0 Å². The first-order valence-corrected chi connectivity index (χ1v) is 6.93. The molecule has 3 N–H and O–H groups in total. The SMILES string of the molecule is COc1ccc(Br)cc1CN=C(N)Nc1ccccc1. The Morgan fingerprint density at radius 1 is 1.25 bits per heavy atom. The molecule has 2 aromatic carbocycles. The molecule has 0 saturated heterocycles. The van der Waals surface area contributed by atoms with Crippen molar-refractivity contribution in [3.05, 3.63) is 58.6 Å². The Balaban J connectivity index is 2.07. The molecule has 0 atom stereocenters. The number of nitrogens with two attached hydrogens (primary N) is 1. The highest BCUT2D eigenvalue weighted by Crippen LogP contribution is 2.23. The third-order valence-corrected chi connectivity index (χ3v) is 3.20. The van der Waals surface area contributed by atoms with Crippen LogP contribution in [0.25, 0.3) is 0 Å². The molecule has 5 heteroatoms. The van der Waals surface area contributed by atoms with Gasteiger partial charge in [0, 0.05) is 15.7 Å². The number of nitrogens with one attached hydrogen (secondary N) is 1. The fourth-order valence-electron chi connectivity index (χ4n) is 1.75. The largest absolute Gasteiger partial charge is 0.496 e. The maximum Gasteiger partial charge on any atom is 0.193 e. The van der Waals surface area contributed by atoms with Gasteiger partial charge in [0.05, 0.1) is 13.7 Å². The van der Waals surface area contributed by atoms with Crippen LogP contribution in [0, 0.1) is 0 Å². The number of benzene rings is 2. The Morgan fingerprint density at radius 2 is 2.00 bits per heavy atom. The summed E-state index contributed by atoms with van der Waals surface area (Å²) in [7, 11) is 1.64. The Labute approximate surface area is 126 Å². The molecule has 0 radical (unpaired) electrons. The van der Waals surface area contributed by atoms with Crippen molar-refractivity contribution in [2.45, 2.75) is 6.54 Å². The van der Waals surface area contributed by atoms with E-state index in [2.05, 4.69) is 26.2 Å². The molecule has 0 unspecified atom stereocenters. The molecule has 0 saturated carbocycles. The van der Waals surface area contributed by atoms with E-state index in [1.54, 1.807) is 7.11 Å². The molecule has 2 aromatic rings. The van der Waals surface area contributed by atoms with E-state index in [4.69, 9.17) is 10.5 Å². The first kappa shape index (κ1) is 14.4. The molecule has 104 valence electrons. The number of para-hydroxylation sites is 1. The van der Waals surface area contributed by atoms with Crippen LogP contribution in [-0.4, -0.2) is 13.1 Å². The smallest absolute Gasteiger partial charge is 0.193 e. The van der Waals surface area contributed by atoms with Gasteiger partial charge < -0.3 is 15.8 Å². The minimum Gasteiger partial charge on any atom is -0.496 e. The number of halogens is 1. The Hall–Kier alpha value is -2.01. The third-order valence-electron chi connectivity index (χ3n) is 2.71. The number of nitrogens with zero attached hydrogens (tertiary/aromatic N) is 1. The van der Waals surface area contributed by atoms with Crippen molar-refractivity contribution in [2.24, 2.45) is 10.7 Å². The second kappa shape index (κ2) is 6.96. The summed E-state index contributed by atoms with van der Waals surface area (Å²) in [6.45, 7) is 0.453. The molecular formula is C15H16BrN3O. The molecule has 0 aromatic heterocycles. The van der Waals surface area contributed by atoms with Gasteiger partial charge in [-0.1, -0.05) is 34.1 Å². The number of hydrogen-bond donors (Lipinski definition) is 2. The van der Waals surface area contributed by atoms with Crippen LogP contribution in [0.2, 0.25) is 0 Å². The molecule has 2 rings (SSSR count). The van der Waals surface area contributed by atoms with Crippen LogP contribution in [0.1, 0.15) is 5.56 Å². The van der Waals surface area contributed by atoms with Crippen molar-refractivity contribution < 1.29 is 4.74 Å². The van der Waals surface area contributed by atoms with Gasteiger partial charge in [0.25, 0.3) is 0 Å². The van der Waals surface area contributed by atoms with Gasteiger partial charge in [-0.15, -0.1) is 0 Å². The van der Waals surface area contributed by atoms with Crippen LogP contribution in [0.5, 0.6) is 5.75 Å². The minimum absolute atomic E-state index is 0.373. The number of aliphatic imine (C=N–C) groups is 1. The molecule has 0 aliphatic carbocycles. The summed E-state index contributed by atoms with van der Waals surface area (Å²) < 4.78 is 6.28. The number of rotatable bonds is 4. The van der Waals surface area contributed by atoms with Crippen LogP contribution in [0.3, 0.4) is 0 Å². The van der Waals surface area contributed by atoms with Crippen LogP contribution in [-0.2, 0) is 6.54 Å². The van der Waals surface area contributed by atoms with Gasteiger partial charge in [0.1, 0.15) is 5.75 Å². The zero-order valence-corrected chi connectivity index (χ0v) is 12.7. The van der Waals surface area contributed by atoms with Gasteiger partial charge in [-0.2, -0.15) is 0 Å². The van der Waals surface area contributed by atoms with Gasteiger partial charge in [0.15, 0.2) is 5.96 Å². The standard InChI is InChI=1S/C15H16BrN3O/c1-20-14-8-7-12(16)9-11(14)10-18-15(17)19-13-5-3-2-4-6-13/h2-9H,10H2,1H3,(H3,17,18,19). The highest BCUT2D eigenvalue weighted by atomic mass is 79.9. The van der Waals surface area contributed by atoms with Crippen molar-refractivity contribution in [1.29, 1.82) is 0 Å². The van der Waals surface area contributed by atoms with E-state index in [0.29, 0.717) is 12.5 Å². The number of methoxy groups -OCH3 is 1. The van der Waals surface area contributed by atoms with E-state index < -0.39 is 0 Å². The highest BCUT2D eigenvalue weighted by Gasteiger charge is 2.03. The summed E-state index contributed by atoms with van der Waals surface area (Å²) in [5.74, 6) is 1.17. The van der Waals surface area contributed by atoms with Crippen molar-refractivity contribution >= 4 is 27.6 Å². The zero-order valence-electron chi connectivity index (χ0n) is 11.1. The van der Waals surface area contributed by atoms with Crippen molar-refractivity contribution in [3.8, 4) is 5.75 Å². The van der Waals surface area contributed by atoms with Crippen molar-refractivity contribution in [2.75, 3.05) is 12.4 Å². The number of anilines is 1. The molecule has 0 amide bonds. The molecular weight excluding hydrogens is 318 g/mol. The van der Waals surface area contributed by atoms with Crippen LogP contribution in [0.15, 0.2) is 58.0 Å². The van der Waals surface area contributed by atoms with E-state index in [0.717, 1.165) is 21.5 Å². The highest BCUT2D eigenvalue weighted by molar-refractivity contribution is 9.10. The normalized spacial score (nSPS) is 11.2. The predicted octanol–water partition coefficient (Wildman–Crippen LogP) is 3.38. The lowest BCUT2D eigenvalue weighted by atomic mass is 10.2. The maximum absolute atomic E-state index is 5.87. The summed E-state index contributed by atoms with van der Waals surface area (Å²) in [5, 5.41) is 3.04. The second-order valence-electron chi connectivity index (χ2n) is 4.15. The lowest BCUT2D eigenvalue weighted by molar-refractivity contribution is 0.410. The Bertz CT molecular complexity index is 599. The molecule has 0 heterocycles. The molecule has 0 fully saturated rings. The quantitative estimate of drug-likeness (QED) is 0.666. The molecule has 0 aliphatic rings. The average Bonchev–Trinajstić information content (AvgIpc) is 2.46. The second-order valence-corrected chi connectivity index (χ2v) is 5.06. The predicted molar refractivity (Wildman–Crippen MR) is 86.1 cm³/mol. The molecule has 20 heavy (non-hydrogen) atoms. The average molecular weight is 334 g/mol. The lowest BCUT2D eigenvalue weighted by Gasteiger charge is -2.08. The number of guanidine groups is 1.